The highest BCUT2D eigenvalue weighted by Gasteiger charge is 1.72. The van der Waals surface area contributed by atoms with Crippen LogP contribution in [0, 0.1) is 44.0 Å². The summed E-state index contributed by atoms with van der Waals surface area (Å²) in [5.41, 5.74) is 1.32. The van der Waals surface area contributed by atoms with E-state index in [0.29, 0.717) is 0 Å². The van der Waals surface area contributed by atoms with Crippen LogP contribution >= 0.6 is 0 Å². The van der Waals surface area contributed by atoms with Crippen molar-refractivity contribution in [1.82, 2.24) is 0 Å². The second-order valence-electron chi connectivity index (χ2n) is 2.52. The summed E-state index contributed by atoms with van der Waals surface area (Å²) in [6, 6.07) is 10.3. The van der Waals surface area contributed by atoms with Crippen molar-refractivity contribution in [3.63, 3.8) is 0 Å². The van der Waals surface area contributed by atoms with Crippen molar-refractivity contribution in [3.05, 3.63) is 35.9 Å². The first-order valence-electron chi connectivity index (χ1n) is 6.78. The average Bonchev–Trinajstić information content (AvgIpc) is 2.47. The molecule has 0 aliphatic carbocycles. The molecule has 0 nitrogen and oxygen atoms in total. The molecule has 0 heterocycles. The van der Waals surface area contributed by atoms with Gasteiger partial charge in [-0.25, -0.2) is 0 Å². The van der Waals surface area contributed by atoms with Crippen LogP contribution in [0.25, 0.3) is 0 Å². The van der Waals surface area contributed by atoms with E-state index >= 15 is 0 Å². The van der Waals surface area contributed by atoms with Crippen molar-refractivity contribution in [2.45, 2.75) is 55.4 Å². The normalized spacial score (nSPS) is 4.85. The standard InChI is InChI=1S/C7H8.3C3H4.2C2H6/c1-7-5-3-2-4-6-7;3*1-3-2;2*1-2/h2-6H,1H3;3*1H,2H3;2*1-2H3. The van der Waals surface area contributed by atoms with E-state index < -0.39 is 0 Å². The molecule has 0 unspecified atom stereocenters. The second-order valence-corrected chi connectivity index (χ2v) is 2.52. The Bertz CT molecular complexity index is 297. The van der Waals surface area contributed by atoms with Gasteiger partial charge in [-0.05, 0) is 27.7 Å². The van der Waals surface area contributed by atoms with Crippen LogP contribution in [0.15, 0.2) is 30.3 Å². The topological polar surface area (TPSA) is 0 Å². The molecule has 0 amide bonds. The minimum absolute atomic E-state index is 1.32. The Kier molecular flexibility index (Phi) is 82.9. The zero-order chi connectivity index (χ0) is 17.2. The molecular formula is C20H32. The minimum atomic E-state index is 1.32. The van der Waals surface area contributed by atoms with Crippen LogP contribution in [0.1, 0.15) is 54.0 Å². The van der Waals surface area contributed by atoms with Gasteiger partial charge in [-0.15, -0.1) is 37.0 Å². The van der Waals surface area contributed by atoms with Gasteiger partial charge in [0.05, 0.1) is 0 Å². The van der Waals surface area contributed by atoms with E-state index in [2.05, 4.69) is 56.1 Å². The van der Waals surface area contributed by atoms with Crippen molar-refractivity contribution >= 4 is 0 Å². The minimum Gasteiger partial charge on any atom is -0.120 e. The van der Waals surface area contributed by atoms with Gasteiger partial charge in [-0.3, -0.25) is 0 Å². The summed E-state index contributed by atoms with van der Waals surface area (Å²) in [4.78, 5) is 0. The summed E-state index contributed by atoms with van der Waals surface area (Å²) in [5.74, 6) is 6.75. The lowest BCUT2D eigenvalue weighted by molar-refractivity contribution is 1.48. The molecule has 1 rings (SSSR count). The third-order valence-electron chi connectivity index (χ3n) is 0.940. The van der Waals surface area contributed by atoms with Gasteiger partial charge < -0.3 is 0 Å². The van der Waals surface area contributed by atoms with Crippen molar-refractivity contribution in [1.29, 1.82) is 0 Å². The van der Waals surface area contributed by atoms with Gasteiger partial charge in [0, 0.05) is 0 Å². The highest BCUT2D eigenvalue weighted by atomic mass is 13.8. The lowest BCUT2D eigenvalue weighted by atomic mass is 10.2. The van der Waals surface area contributed by atoms with Crippen LogP contribution in [0.5, 0.6) is 0 Å². The first kappa shape index (κ1) is 30.7. The van der Waals surface area contributed by atoms with Crippen LogP contribution < -0.4 is 0 Å². The number of rotatable bonds is 0. The summed E-state index contributed by atoms with van der Waals surface area (Å²) in [6.07, 6.45) is 13.8. The Hall–Kier alpha value is -2.10. The number of benzene rings is 1. The smallest absolute Gasteiger partial charge is 0.00297 e. The molecule has 0 heteroatoms. The van der Waals surface area contributed by atoms with E-state index in [-0.39, 0.29) is 0 Å². The van der Waals surface area contributed by atoms with Gasteiger partial charge in [-0.2, -0.15) is 0 Å². The van der Waals surface area contributed by atoms with E-state index in [9.17, 15) is 0 Å². The van der Waals surface area contributed by atoms with E-state index in [1.807, 2.05) is 45.9 Å². The molecule has 1 aromatic carbocycles. The van der Waals surface area contributed by atoms with E-state index in [1.165, 1.54) is 5.56 Å². The largest absolute Gasteiger partial charge is 0.120 e. The van der Waals surface area contributed by atoms with Gasteiger partial charge in [0.2, 0.25) is 0 Å². The number of hydrogen-bond acceptors (Lipinski definition) is 0. The SMILES string of the molecule is C#CC.C#CC.C#CC.CC.CC.Cc1ccccc1. The summed E-state index contributed by atoms with van der Waals surface area (Å²) in [7, 11) is 0. The van der Waals surface area contributed by atoms with E-state index in [4.69, 9.17) is 0 Å². The Labute approximate surface area is 129 Å². The fourth-order valence-electron chi connectivity index (χ4n) is 0.534. The molecule has 0 spiro atoms. The van der Waals surface area contributed by atoms with Gasteiger partial charge in [0.25, 0.3) is 0 Å². The molecule has 20 heavy (non-hydrogen) atoms. The summed E-state index contributed by atoms with van der Waals surface area (Å²) < 4.78 is 0. The van der Waals surface area contributed by atoms with Crippen molar-refractivity contribution in [2.24, 2.45) is 0 Å². The monoisotopic (exact) mass is 272 g/mol. The highest BCUT2D eigenvalue weighted by molar-refractivity contribution is 5.11. The molecule has 112 valence electrons. The fourth-order valence-corrected chi connectivity index (χ4v) is 0.534. The van der Waals surface area contributed by atoms with Crippen molar-refractivity contribution < 1.29 is 0 Å². The average molecular weight is 272 g/mol. The van der Waals surface area contributed by atoms with Gasteiger partial charge in [-0.1, -0.05) is 63.6 Å². The first-order valence-corrected chi connectivity index (χ1v) is 6.78. The molecular weight excluding hydrogens is 240 g/mol. The Balaban J connectivity index is -0.0000000501. The molecule has 0 saturated carbocycles. The third kappa shape index (κ3) is 101. The van der Waals surface area contributed by atoms with E-state index in [1.54, 1.807) is 20.8 Å². The predicted molar refractivity (Wildman–Crippen MR) is 97.4 cm³/mol. The van der Waals surface area contributed by atoms with Crippen LogP contribution in [-0.4, -0.2) is 0 Å². The second kappa shape index (κ2) is 53.9. The van der Waals surface area contributed by atoms with E-state index in [0.717, 1.165) is 0 Å². The van der Waals surface area contributed by atoms with Crippen LogP contribution in [0.2, 0.25) is 0 Å². The molecule has 0 aliphatic rings. The summed E-state index contributed by atoms with van der Waals surface area (Å²) in [5, 5.41) is 0. The molecule has 0 radical (unpaired) electrons. The zero-order valence-electron chi connectivity index (χ0n) is 14.6. The molecule has 1 aromatic rings. The zero-order valence-corrected chi connectivity index (χ0v) is 14.6. The van der Waals surface area contributed by atoms with Crippen LogP contribution in [-0.2, 0) is 0 Å². The fraction of sp³-hybridized carbons (Fsp3) is 0.400. The maximum atomic E-state index is 4.60. The molecule has 0 fully saturated rings. The molecule has 0 aliphatic heterocycles. The predicted octanol–water partition coefficient (Wildman–Crippen LogP) is 5.97. The van der Waals surface area contributed by atoms with Crippen molar-refractivity contribution in [3.8, 4) is 37.0 Å². The Morgan fingerprint density at radius 2 is 0.850 bits per heavy atom. The van der Waals surface area contributed by atoms with Crippen LogP contribution in [0.3, 0.4) is 0 Å². The molecule has 0 N–H and O–H groups in total. The van der Waals surface area contributed by atoms with Gasteiger partial charge in [0.15, 0.2) is 0 Å². The summed E-state index contributed by atoms with van der Waals surface area (Å²) in [6.45, 7) is 15.0. The molecule has 0 atom stereocenters. The first-order chi connectivity index (χ1) is 9.64. The Morgan fingerprint density at radius 1 is 0.650 bits per heavy atom. The maximum Gasteiger partial charge on any atom is -0.00297 e. The molecule has 0 bridgehead atoms. The lowest BCUT2D eigenvalue weighted by Crippen LogP contribution is -1.62. The Morgan fingerprint density at radius 3 is 0.950 bits per heavy atom. The maximum absolute atomic E-state index is 4.60. The summed E-state index contributed by atoms with van der Waals surface area (Å²) >= 11 is 0. The number of hydrogen-bond donors (Lipinski definition) is 0. The lowest BCUT2D eigenvalue weighted by Gasteiger charge is -1.82. The highest BCUT2D eigenvalue weighted by Crippen LogP contribution is 1.92. The third-order valence-corrected chi connectivity index (χ3v) is 0.940. The number of terminal acetylenes is 3. The molecule has 0 saturated heterocycles. The van der Waals surface area contributed by atoms with Gasteiger partial charge in [0.1, 0.15) is 0 Å². The van der Waals surface area contributed by atoms with Crippen molar-refractivity contribution in [2.75, 3.05) is 0 Å². The quantitative estimate of drug-likeness (QED) is 0.511. The number of aryl methyl sites for hydroxylation is 1. The van der Waals surface area contributed by atoms with Crippen LogP contribution in [0.4, 0.5) is 0 Å². The van der Waals surface area contributed by atoms with Gasteiger partial charge >= 0.3 is 0 Å². The molecule has 0 aromatic heterocycles.